The van der Waals surface area contributed by atoms with E-state index in [9.17, 15) is 4.39 Å². The van der Waals surface area contributed by atoms with Crippen LogP contribution in [-0.2, 0) is 0 Å². The minimum Gasteiger partial charge on any atom is -0.384 e. The number of hydrogen-bond donors (Lipinski definition) is 1. The molecule has 0 aliphatic heterocycles. The lowest BCUT2D eigenvalue weighted by atomic mass is 10.2. The van der Waals surface area contributed by atoms with Crippen LogP contribution in [0.5, 0.6) is 0 Å². The van der Waals surface area contributed by atoms with Crippen molar-refractivity contribution >= 4 is 11.5 Å². The first-order chi connectivity index (χ1) is 8.65. The van der Waals surface area contributed by atoms with Crippen LogP contribution in [0, 0.1) is 12.7 Å². The first-order valence-corrected chi connectivity index (χ1v) is 5.37. The van der Waals surface area contributed by atoms with E-state index in [-0.39, 0.29) is 0 Å². The van der Waals surface area contributed by atoms with E-state index >= 15 is 0 Å². The molecule has 5 nitrogen and oxygen atoms in total. The van der Waals surface area contributed by atoms with Crippen molar-refractivity contribution in [3.8, 4) is 11.3 Å². The van der Waals surface area contributed by atoms with Gasteiger partial charge >= 0.3 is 0 Å². The minimum absolute atomic E-state index is 0.405. The summed E-state index contributed by atoms with van der Waals surface area (Å²) in [5.41, 5.74) is 8.63. The van der Waals surface area contributed by atoms with Crippen LogP contribution in [-0.4, -0.2) is 19.6 Å². The first kappa shape index (κ1) is 10.6. The number of aryl methyl sites for hydroxylation is 1. The van der Waals surface area contributed by atoms with Gasteiger partial charge in [-0.05, 0) is 13.0 Å². The molecule has 90 valence electrons. The summed E-state index contributed by atoms with van der Waals surface area (Å²) in [4.78, 5) is 8.22. The standard InChI is InChI=1S/C12H10FN5/c1-7-4-16-18-11(14)3-10(17-12(7)18)8-2-9(13)6-15-5-8/h2-6H,14H2,1H3. The van der Waals surface area contributed by atoms with Crippen molar-refractivity contribution in [2.45, 2.75) is 6.92 Å². The lowest BCUT2D eigenvalue weighted by Gasteiger charge is -2.04. The number of pyridine rings is 1. The Morgan fingerprint density at radius 1 is 1.22 bits per heavy atom. The van der Waals surface area contributed by atoms with Crippen molar-refractivity contribution in [3.63, 3.8) is 0 Å². The van der Waals surface area contributed by atoms with Crippen molar-refractivity contribution in [3.05, 3.63) is 42.1 Å². The lowest BCUT2D eigenvalue weighted by Crippen LogP contribution is -2.01. The third kappa shape index (κ3) is 1.58. The molecule has 0 fully saturated rings. The monoisotopic (exact) mass is 243 g/mol. The van der Waals surface area contributed by atoms with Crippen LogP contribution >= 0.6 is 0 Å². The van der Waals surface area contributed by atoms with E-state index < -0.39 is 5.82 Å². The molecule has 0 aliphatic rings. The van der Waals surface area contributed by atoms with Crippen molar-refractivity contribution in [1.29, 1.82) is 0 Å². The molecule has 0 aromatic carbocycles. The molecule has 0 bridgehead atoms. The van der Waals surface area contributed by atoms with E-state index in [0.717, 1.165) is 11.8 Å². The molecule has 3 rings (SSSR count). The van der Waals surface area contributed by atoms with Gasteiger partial charge in [0.15, 0.2) is 5.65 Å². The van der Waals surface area contributed by atoms with Gasteiger partial charge < -0.3 is 5.73 Å². The molecule has 3 heterocycles. The minimum atomic E-state index is -0.405. The summed E-state index contributed by atoms with van der Waals surface area (Å²) >= 11 is 0. The predicted molar refractivity (Wildman–Crippen MR) is 65.3 cm³/mol. The van der Waals surface area contributed by atoms with Gasteiger partial charge in [0.25, 0.3) is 0 Å². The van der Waals surface area contributed by atoms with E-state index in [1.165, 1.54) is 6.07 Å². The molecular formula is C12H10FN5. The van der Waals surface area contributed by atoms with Crippen LogP contribution in [0.3, 0.4) is 0 Å². The fraction of sp³-hybridized carbons (Fsp3) is 0.0833. The molecule has 2 N–H and O–H groups in total. The summed E-state index contributed by atoms with van der Waals surface area (Å²) in [5.74, 6) is 0.0466. The Balaban J connectivity index is 2.27. The maximum atomic E-state index is 13.1. The molecule has 0 saturated carbocycles. The zero-order valence-electron chi connectivity index (χ0n) is 9.63. The van der Waals surface area contributed by atoms with Crippen molar-refractivity contribution in [2.75, 3.05) is 5.73 Å². The van der Waals surface area contributed by atoms with E-state index in [1.54, 1.807) is 23.0 Å². The summed E-state index contributed by atoms with van der Waals surface area (Å²) in [6.45, 7) is 1.89. The number of hydrogen-bond acceptors (Lipinski definition) is 4. The number of nitrogens with zero attached hydrogens (tertiary/aromatic N) is 4. The highest BCUT2D eigenvalue weighted by Crippen LogP contribution is 2.21. The molecule has 18 heavy (non-hydrogen) atoms. The van der Waals surface area contributed by atoms with Crippen molar-refractivity contribution in [1.82, 2.24) is 19.6 Å². The van der Waals surface area contributed by atoms with Gasteiger partial charge in [-0.25, -0.2) is 9.37 Å². The molecule has 0 aliphatic carbocycles. The Bertz CT molecular complexity index is 734. The number of anilines is 1. The summed E-state index contributed by atoms with van der Waals surface area (Å²) in [7, 11) is 0. The molecule has 0 unspecified atom stereocenters. The largest absolute Gasteiger partial charge is 0.384 e. The quantitative estimate of drug-likeness (QED) is 0.707. The smallest absolute Gasteiger partial charge is 0.160 e. The van der Waals surface area contributed by atoms with Gasteiger partial charge in [-0.1, -0.05) is 0 Å². The molecule has 0 spiro atoms. The van der Waals surface area contributed by atoms with E-state index in [4.69, 9.17) is 5.73 Å². The number of rotatable bonds is 1. The topological polar surface area (TPSA) is 69.1 Å². The van der Waals surface area contributed by atoms with Gasteiger partial charge in [0.05, 0.1) is 18.1 Å². The predicted octanol–water partition coefficient (Wildman–Crippen LogP) is 1.82. The average Bonchev–Trinajstić information content (AvgIpc) is 2.72. The summed E-state index contributed by atoms with van der Waals surface area (Å²) in [6, 6.07) is 3.02. The SMILES string of the molecule is Cc1cnn2c(N)cc(-c3cncc(F)c3)nc12. The van der Waals surface area contributed by atoms with Gasteiger partial charge in [0.2, 0.25) is 0 Å². The number of halogens is 1. The lowest BCUT2D eigenvalue weighted by molar-refractivity contribution is 0.622. The van der Waals surface area contributed by atoms with E-state index in [2.05, 4.69) is 15.1 Å². The molecule has 0 saturated heterocycles. The molecule has 3 aromatic rings. The van der Waals surface area contributed by atoms with E-state index in [1.807, 2.05) is 6.92 Å². The van der Waals surface area contributed by atoms with Gasteiger partial charge in [-0.3, -0.25) is 4.98 Å². The molecule has 0 radical (unpaired) electrons. The van der Waals surface area contributed by atoms with Crippen LogP contribution in [0.1, 0.15) is 5.56 Å². The fourth-order valence-electron chi connectivity index (χ4n) is 1.80. The third-order valence-electron chi connectivity index (χ3n) is 2.68. The zero-order valence-corrected chi connectivity index (χ0v) is 9.63. The van der Waals surface area contributed by atoms with Crippen LogP contribution in [0.25, 0.3) is 16.9 Å². The third-order valence-corrected chi connectivity index (χ3v) is 2.68. The van der Waals surface area contributed by atoms with Crippen LogP contribution in [0.4, 0.5) is 10.2 Å². The van der Waals surface area contributed by atoms with Crippen LogP contribution in [0.2, 0.25) is 0 Å². The number of nitrogen functional groups attached to an aromatic ring is 1. The van der Waals surface area contributed by atoms with Gasteiger partial charge in [-0.2, -0.15) is 9.61 Å². The Morgan fingerprint density at radius 3 is 2.83 bits per heavy atom. The highest BCUT2D eigenvalue weighted by molar-refractivity contribution is 5.66. The van der Waals surface area contributed by atoms with Crippen molar-refractivity contribution < 1.29 is 4.39 Å². The summed E-state index contributed by atoms with van der Waals surface area (Å²) < 4.78 is 14.7. The highest BCUT2D eigenvalue weighted by Gasteiger charge is 2.09. The van der Waals surface area contributed by atoms with Gasteiger partial charge in [-0.15, -0.1) is 0 Å². The summed E-state index contributed by atoms with van der Waals surface area (Å²) in [5, 5.41) is 4.11. The fourth-order valence-corrected chi connectivity index (χ4v) is 1.80. The van der Waals surface area contributed by atoms with Crippen LogP contribution in [0.15, 0.2) is 30.7 Å². The zero-order chi connectivity index (χ0) is 12.7. The normalized spacial score (nSPS) is 11.0. The van der Waals surface area contributed by atoms with Gasteiger partial charge in [0, 0.05) is 23.4 Å². The van der Waals surface area contributed by atoms with Crippen LogP contribution < -0.4 is 5.73 Å². The average molecular weight is 243 g/mol. The van der Waals surface area contributed by atoms with Gasteiger partial charge in [0.1, 0.15) is 11.6 Å². The molecule has 0 atom stereocenters. The number of nitrogens with two attached hydrogens (primary N) is 1. The highest BCUT2D eigenvalue weighted by atomic mass is 19.1. The van der Waals surface area contributed by atoms with Crippen molar-refractivity contribution in [2.24, 2.45) is 0 Å². The number of fused-ring (bicyclic) bond motifs is 1. The second-order valence-electron chi connectivity index (χ2n) is 4.02. The molecule has 6 heteroatoms. The first-order valence-electron chi connectivity index (χ1n) is 5.37. The summed E-state index contributed by atoms with van der Waals surface area (Å²) in [6.07, 6.45) is 4.38. The molecule has 0 amide bonds. The maximum Gasteiger partial charge on any atom is 0.160 e. The second-order valence-corrected chi connectivity index (χ2v) is 4.02. The number of aromatic nitrogens is 4. The Kier molecular flexibility index (Phi) is 2.22. The second kappa shape index (κ2) is 3.76. The molecule has 3 aromatic heterocycles. The van der Waals surface area contributed by atoms with E-state index in [0.29, 0.717) is 22.7 Å². The Labute approximate surface area is 102 Å². The Hall–Kier alpha value is -2.50. The Morgan fingerprint density at radius 2 is 2.06 bits per heavy atom. The maximum absolute atomic E-state index is 13.1. The molecular weight excluding hydrogens is 233 g/mol.